The summed E-state index contributed by atoms with van der Waals surface area (Å²) in [5.74, 6) is 0.739. The Hall–Kier alpha value is -2.07. The molecule has 4 heteroatoms. The summed E-state index contributed by atoms with van der Waals surface area (Å²) < 4.78 is 5.82. The molecule has 2 N–H and O–H groups in total. The molecule has 21 heavy (non-hydrogen) atoms. The fourth-order valence-electron chi connectivity index (χ4n) is 2.20. The Morgan fingerprint density at radius 3 is 2.52 bits per heavy atom. The van der Waals surface area contributed by atoms with Gasteiger partial charge in [-0.25, -0.2) is 0 Å². The SMILES string of the molecule is Cc1ccccc1N(C)CCOc1ccccc1C(N)=S. The average Bonchev–Trinajstić information content (AvgIpc) is 2.48. The zero-order valence-corrected chi connectivity index (χ0v) is 13.2. The van der Waals surface area contributed by atoms with Gasteiger partial charge in [-0.15, -0.1) is 0 Å². The lowest BCUT2D eigenvalue weighted by molar-refractivity contribution is 0.325. The quantitative estimate of drug-likeness (QED) is 0.832. The number of hydrogen-bond acceptors (Lipinski definition) is 3. The third kappa shape index (κ3) is 3.95. The lowest BCUT2D eigenvalue weighted by atomic mass is 10.2. The van der Waals surface area contributed by atoms with Crippen molar-refractivity contribution in [1.82, 2.24) is 0 Å². The molecule has 0 aliphatic rings. The molecule has 0 spiro atoms. The molecule has 0 atom stereocenters. The second-order valence-corrected chi connectivity index (χ2v) is 5.36. The van der Waals surface area contributed by atoms with Gasteiger partial charge in [-0.3, -0.25) is 0 Å². The number of anilines is 1. The van der Waals surface area contributed by atoms with Gasteiger partial charge in [0.2, 0.25) is 0 Å². The normalized spacial score (nSPS) is 10.2. The summed E-state index contributed by atoms with van der Waals surface area (Å²) in [4.78, 5) is 2.54. The third-order valence-corrected chi connectivity index (χ3v) is 3.58. The van der Waals surface area contributed by atoms with Crippen LogP contribution in [0.15, 0.2) is 48.5 Å². The second-order valence-electron chi connectivity index (χ2n) is 4.92. The minimum atomic E-state index is 0.359. The smallest absolute Gasteiger partial charge is 0.129 e. The van der Waals surface area contributed by atoms with Gasteiger partial charge in [-0.2, -0.15) is 0 Å². The highest BCUT2D eigenvalue weighted by Crippen LogP contribution is 2.19. The van der Waals surface area contributed by atoms with E-state index in [1.807, 2.05) is 36.4 Å². The summed E-state index contributed by atoms with van der Waals surface area (Å²) >= 11 is 5.03. The van der Waals surface area contributed by atoms with E-state index in [-0.39, 0.29) is 0 Å². The third-order valence-electron chi connectivity index (χ3n) is 3.36. The molecule has 110 valence electrons. The minimum Gasteiger partial charge on any atom is -0.491 e. The molecule has 0 aliphatic carbocycles. The van der Waals surface area contributed by atoms with Crippen LogP contribution in [0.3, 0.4) is 0 Å². The van der Waals surface area contributed by atoms with Crippen molar-refractivity contribution in [2.45, 2.75) is 6.92 Å². The van der Waals surface area contributed by atoms with Crippen molar-refractivity contribution in [2.75, 3.05) is 25.1 Å². The standard InChI is InChI=1S/C17H20N2OS/c1-13-7-3-5-9-15(13)19(2)11-12-20-16-10-6-4-8-14(16)17(18)21/h3-10H,11-12H2,1-2H3,(H2,18,21). The molecule has 0 saturated carbocycles. The van der Waals surface area contributed by atoms with Crippen LogP contribution in [0.5, 0.6) is 5.75 Å². The van der Waals surface area contributed by atoms with Gasteiger partial charge in [0.1, 0.15) is 17.3 Å². The summed E-state index contributed by atoms with van der Waals surface area (Å²) in [5.41, 5.74) is 8.95. The van der Waals surface area contributed by atoms with Gasteiger partial charge < -0.3 is 15.4 Å². The van der Waals surface area contributed by atoms with E-state index in [4.69, 9.17) is 22.7 Å². The van der Waals surface area contributed by atoms with E-state index in [0.717, 1.165) is 17.9 Å². The minimum absolute atomic E-state index is 0.359. The highest BCUT2D eigenvalue weighted by atomic mass is 32.1. The zero-order valence-electron chi connectivity index (χ0n) is 12.4. The summed E-state index contributed by atoms with van der Waals surface area (Å²) in [7, 11) is 2.06. The Labute approximate surface area is 131 Å². The number of para-hydroxylation sites is 2. The van der Waals surface area contributed by atoms with Crippen molar-refractivity contribution in [3.8, 4) is 5.75 Å². The Morgan fingerprint density at radius 2 is 1.81 bits per heavy atom. The molecule has 2 aromatic carbocycles. The van der Waals surface area contributed by atoms with Gasteiger partial charge in [0.15, 0.2) is 0 Å². The molecule has 0 heterocycles. The Bertz CT molecular complexity index is 628. The monoisotopic (exact) mass is 300 g/mol. The lowest BCUT2D eigenvalue weighted by Crippen LogP contribution is -2.25. The number of aryl methyl sites for hydroxylation is 1. The molecular formula is C17H20N2OS. The molecule has 0 aliphatic heterocycles. The number of likely N-dealkylation sites (N-methyl/N-ethyl adjacent to an activating group) is 1. The molecule has 2 aromatic rings. The van der Waals surface area contributed by atoms with Gasteiger partial charge in [-0.1, -0.05) is 42.5 Å². The summed E-state index contributed by atoms with van der Waals surface area (Å²) in [5, 5.41) is 0. The van der Waals surface area contributed by atoms with E-state index in [9.17, 15) is 0 Å². The molecule has 2 rings (SSSR count). The molecule has 0 amide bonds. The van der Waals surface area contributed by atoms with E-state index in [1.54, 1.807) is 0 Å². The molecule has 0 unspecified atom stereocenters. The lowest BCUT2D eigenvalue weighted by Gasteiger charge is -2.21. The van der Waals surface area contributed by atoms with Crippen LogP contribution in [0.2, 0.25) is 0 Å². The molecule has 0 radical (unpaired) electrons. The van der Waals surface area contributed by atoms with Crippen LogP contribution in [-0.4, -0.2) is 25.2 Å². The first-order valence-electron chi connectivity index (χ1n) is 6.88. The topological polar surface area (TPSA) is 38.5 Å². The first kappa shape index (κ1) is 15.3. The Morgan fingerprint density at radius 1 is 1.14 bits per heavy atom. The van der Waals surface area contributed by atoms with Gasteiger partial charge in [0, 0.05) is 12.7 Å². The van der Waals surface area contributed by atoms with Crippen molar-refractivity contribution >= 4 is 22.9 Å². The summed E-state index contributed by atoms with van der Waals surface area (Å²) in [6.45, 7) is 3.47. The second kappa shape index (κ2) is 7.09. The number of ether oxygens (including phenoxy) is 1. The van der Waals surface area contributed by atoms with Crippen LogP contribution >= 0.6 is 12.2 Å². The maximum Gasteiger partial charge on any atom is 0.129 e. The molecule has 0 aromatic heterocycles. The maximum absolute atomic E-state index is 5.82. The summed E-state index contributed by atoms with van der Waals surface area (Å²) in [6.07, 6.45) is 0. The largest absolute Gasteiger partial charge is 0.491 e. The average molecular weight is 300 g/mol. The molecular weight excluding hydrogens is 280 g/mol. The number of hydrogen-bond donors (Lipinski definition) is 1. The molecule has 0 fully saturated rings. The van der Waals surface area contributed by atoms with Gasteiger partial charge >= 0.3 is 0 Å². The maximum atomic E-state index is 5.82. The fourth-order valence-corrected chi connectivity index (χ4v) is 2.37. The first-order valence-corrected chi connectivity index (χ1v) is 7.29. The number of benzene rings is 2. The van der Waals surface area contributed by atoms with Crippen molar-refractivity contribution < 1.29 is 4.74 Å². The van der Waals surface area contributed by atoms with E-state index < -0.39 is 0 Å². The van der Waals surface area contributed by atoms with Crippen LogP contribution in [0, 0.1) is 6.92 Å². The van der Waals surface area contributed by atoms with Crippen molar-refractivity contribution in [2.24, 2.45) is 5.73 Å². The predicted molar refractivity (Wildman–Crippen MR) is 92.3 cm³/mol. The number of nitrogens with two attached hydrogens (primary N) is 1. The highest BCUT2D eigenvalue weighted by molar-refractivity contribution is 7.80. The Balaban J connectivity index is 1.96. The fraction of sp³-hybridized carbons (Fsp3) is 0.235. The van der Waals surface area contributed by atoms with Gasteiger partial charge in [0.25, 0.3) is 0 Å². The van der Waals surface area contributed by atoms with Crippen LogP contribution in [0.4, 0.5) is 5.69 Å². The van der Waals surface area contributed by atoms with Crippen molar-refractivity contribution in [3.63, 3.8) is 0 Å². The summed E-state index contributed by atoms with van der Waals surface area (Å²) in [6, 6.07) is 15.9. The highest BCUT2D eigenvalue weighted by Gasteiger charge is 2.07. The van der Waals surface area contributed by atoms with E-state index in [2.05, 4.69) is 31.0 Å². The van der Waals surface area contributed by atoms with Crippen LogP contribution in [0.1, 0.15) is 11.1 Å². The molecule has 0 saturated heterocycles. The number of nitrogens with zero attached hydrogens (tertiary/aromatic N) is 1. The van der Waals surface area contributed by atoms with E-state index >= 15 is 0 Å². The van der Waals surface area contributed by atoms with E-state index in [1.165, 1.54) is 11.3 Å². The van der Waals surface area contributed by atoms with Crippen molar-refractivity contribution in [3.05, 3.63) is 59.7 Å². The van der Waals surface area contributed by atoms with Gasteiger partial charge in [-0.05, 0) is 30.7 Å². The number of thiocarbonyl (C=S) groups is 1. The van der Waals surface area contributed by atoms with Crippen molar-refractivity contribution in [1.29, 1.82) is 0 Å². The van der Waals surface area contributed by atoms with E-state index in [0.29, 0.717) is 11.6 Å². The van der Waals surface area contributed by atoms with Crippen LogP contribution in [-0.2, 0) is 0 Å². The first-order chi connectivity index (χ1) is 10.1. The predicted octanol–water partition coefficient (Wildman–Crippen LogP) is 3.14. The molecule has 0 bridgehead atoms. The Kier molecular flexibility index (Phi) is 5.17. The molecule has 3 nitrogen and oxygen atoms in total. The van der Waals surface area contributed by atoms with Crippen LogP contribution in [0.25, 0.3) is 0 Å². The zero-order chi connectivity index (χ0) is 15.2. The number of rotatable bonds is 6. The van der Waals surface area contributed by atoms with Crippen LogP contribution < -0.4 is 15.4 Å². The van der Waals surface area contributed by atoms with Gasteiger partial charge in [0.05, 0.1) is 12.1 Å².